The normalized spacial score (nSPS) is 13.8. The molecule has 4 nitrogen and oxygen atoms in total. The summed E-state index contributed by atoms with van der Waals surface area (Å²) < 4.78 is 53.5. The van der Waals surface area contributed by atoms with Gasteiger partial charge in [0.25, 0.3) is 5.56 Å². The number of hydrogen-bond donors (Lipinski definition) is 1. The summed E-state index contributed by atoms with van der Waals surface area (Å²) in [5.74, 6) is -1.35. The number of alkyl halides is 3. The lowest BCUT2D eigenvalue weighted by atomic mass is 9.96. The van der Waals surface area contributed by atoms with Crippen LogP contribution in [0.25, 0.3) is 11.2 Å². The minimum absolute atomic E-state index is 0.0995. The van der Waals surface area contributed by atoms with Crippen molar-refractivity contribution in [3.05, 3.63) is 87.2 Å². The van der Waals surface area contributed by atoms with E-state index in [1.807, 2.05) is 0 Å². The van der Waals surface area contributed by atoms with E-state index in [2.05, 4.69) is 10.1 Å². The molecule has 0 unspecified atom stereocenters. The Morgan fingerprint density at radius 2 is 1.96 bits per heavy atom. The molecule has 1 aliphatic rings. The van der Waals surface area contributed by atoms with Crippen LogP contribution in [0.2, 0.25) is 0 Å². The topological polar surface area (TPSA) is 50.2 Å². The monoisotopic (exact) mass is 361 g/mol. The van der Waals surface area contributed by atoms with Gasteiger partial charge in [-0.1, -0.05) is 24.3 Å². The fourth-order valence-corrected chi connectivity index (χ4v) is 2.85. The molecule has 4 rings (SSSR count). The molecule has 1 N–H and O–H groups in total. The number of aromatic nitrogens is 3. The van der Waals surface area contributed by atoms with Crippen molar-refractivity contribution in [1.29, 1.82) is 0 Å². The van der Waals surface area contributed by atoms with Gasteiger partial charge in [0.2, 0.25) is 0 Å². The van der Waals surface area contributed by atoms with E-state index in [1.54, 1.807) is 30.5 Å². The van der Waals surface area contributed by atoms with Crippen molar-refractivity contribution in [3.63, 3.8) is 0 Å². The largest absolute Gasteiger partial charge is 0.419 e. The van der Waals surface area contributed by atoms with Crippen LogP contribution in [-0.2, 0) is 12.6 Å². The molecule has 1 aliphatic carbocycles. The molecule has 0 atom stereocenters. The number of fused-ring (bicyclic) bond motifs is 1. The first kappa shape index (κ1) is 16.3. The Hall–Kier alpha value is -3.16. The molecule has 2 heterocycles. The Labute approximate surface area is 144 Å². The Morgan fingerprint density at radius 1 is 1.19 bits per heavy atom. The van der Waals surface area contributed by atoms with Crippen LogP contribution in [-0.4, -0.2) is 14.6 Å². The van der Waals surface area contributed by atoms with Gasteiger partial charge in [-0.05, 0) is 17.7 Å². The van der Waals surface area contributed by atoms with E-state index in [0.29, 0.717) is 11.3 Å². The number of allylic oxidation sites excluding steroid dienone is 4. The molecule has 0 bridgehead atoms. The smallest absolute Gasteiger partial charge is 0.297 e. The van der Waals surface area contributed by atoms with Crippen LogP contribution in [0.5, 0.6) is 0 Å². The quantitative estimate of drug-likeness (QED) is 0.723. The lowest BCUT2D eigenvalue weighted by Gasteiger charge is -2.14. The Kier molecular flexibility index (Phi) is 3.57. The molecule has 0 spiro atoms. The molecule has 2 aromatic heterocycles. The number of halogens is 4. The Bertz CT molecular complexity index is 1140. The van der Waals surface area contributed by atoms with Gasteiger partial charge >= 0.3 is 6.18 Å². The fourth-order valence-electron chi connectivity index (χ4n) is 2.85. The Balaban J connectivity index is 1.85. The summed E-state index contributed by atoms with van der Waals surface area (Å²) in [6.07, 6.45) is 1.94. The van der Waals surface area contributed by atoms with E-state index in [-0.39, 0.29) is 17.5 Å². The van der Waals surface area contributed by atoms with Gasteiger partial charge in [-0.3, -0.25) is 9.89 Å². The molecule has 132 valence electrons. The molecule has 0 aliphatic heterocycles. The maximum absolute atomic E-state index is 13.5. The minimum atomic E-state index is -4.81. The van der Waals surface area contributed by atoms with Crippen LogP contribution < -0.4 is 5.56 Å². The van der Waals surface area contributed by atoms with Crippen molar-refractivity contribution in [3.8, 4) is 0 Å². The number of nitrogens with one attached hydrogen (secondary N) is 1. The van der Waals surface area contributed by atoms with Crippen molar-refractivity contribution in [2.24, 2.45) is 0 Å². The summed E-state index contributed by atoms with van der Waals surface area (Å²) in [6.45, 7) is 0. The summed E-state index contributed by atoms with van der Waals surface area (Å²) in [6, 6.07) is 4.35. The lowest BCUT2D eigenvalue weighted by molar-refractivity contribution is -0.140. The van der Waals surface area contributed by atoms with Crippen LogP contribution >= 0.6 is 0 Å². The van der Waals surface area contributed by atoms with Crippen LogP contribution in [0, 0.1) is 5.82 Å². The fraction of sp³-hybridized carbons (Fsp3) is 0.111. The minimum Gasteiger partial charge on any atom is -0.297 e. The number of hydrogen-bond acceptors (Lipinski definition) is 2. The van der Waals surface area contributed by atoms with E-state index in [9.17, 15) is 22.4 Å². The highest BCUT2D eigenvalue weighted by molar-refractivity contribution is 5.81. The molecule has 0 radical (unpaired) electrons. The van der Waals surface area contributed by atoms with Gasteiger partial charge in [0.1, 0.15) is 5.82 Å². The average molecular weight is 361 g/mol. The summed E-state index contributed by atoms with van der Waals surface area (Å²) in [4.78, 5) is 17.2. The van der Waals surface area contributed by atoms with Gasteiger partial charge in [-0.25, -0.2) is 13.9 Å². The van der Waals surface area contributed by atoms with Crippen molar-refractivity contribution in [1.82, 2.24) is 14.6 Å². The lowest BCUT2D eigenvalue weighted by Crippen LogP contribution is -2.23. The highest BCUT2D eigenvalue weighted by Crippen LogP contribution is 2.32. The summed E-state index contributed by atoms with van der Waals surface area (Å²) in [5.41, 5.74) is 0.191. The van der Waals surface area contributed by atoms with Gasteiger partial charge < -0.3 is 0 Å². The summed E-state index contributed by atoms with van der Waals surface area (Å²) >= 11 is 0. The van der Waals surface area contributed by atoms with Gasteiger partial charge in [0, 0.05) is 24.3 Å². The summed E-state index contributed by atoms with van der Waals surface area (Å²) in [7, 11) is 0. The van der Waals surface area contributed by atoms with Crippen LogP contribution in [0.15, 0.2) is 53.5 Å². The number of nitrogens with zero attached hydrogens (tertiary/aromatic N) is 2. The number of rotatable bonds is 3. The number of H-pyrrole nitrogens is 1. The summed E-state index contributed by atoms with van der Waals surface area (Å²) in [5, 5.41) is 2.73. The predicted octanol–water partition coefficient (Wildman–Crippen LogP) is 3.72. The molecule has 3 aromatic rings. The third-order valence-electron chi connectivity index (χ3n) is 4.18. The standard InChI is InChI=1S/C18H11F4N3O/c19-14-5-4-10(9-13(14)18(20,21)22)8-12-16(11-2-1-3-11)24-15-6-7-23-25(15)17(12)26/h1-7,9,23H,8H2. The first-order valence-corrected chi connectivity index (χ1v) is 7.68. The second-order valence-corrected chi connectivity index (χ2v) is 5.87. The molecule has 0 amide bonds. The van der Waals surface area contributed by atoms with E-state index in [0.717, 1.165) is 17.7 Å². The number of aromatic amines is 1. The zero-order valence-electron chi connectivity index (χ0n) is 13.1. The van der Waals surface area contributed by atoms with Crippen LogP contribution in [0.3, 0.4) is 0 Å². The van der Waals surface area contributed by atoms with Crippen LogP contribution in [0.4, 0.5) is 17.6 Å². The second-order valence-electron chi connectivity index (χ2n) is 5.87. The van der Waals surface area contributed by atoms with E-state index >= 15 is 0 Å². The molecule has 26 heavy (non-hydrogen) atoms. The van der Waals surface area contributed by atoms with E-state index < -0.39 is 23.1 Å². The molecule has 0 saturated carbocycles. The van der Waals surface area contributed by atoms with Crippen molar-refractivity contribution >= 4 is 11.2 Å². The first-order valence-electron chi connectivity index (χ1n) is 7.68. The zero-order valence-corrected chi connectivity index (χ0v) is 13.1. The molecule has 1 aromatic carbocycles. The molecule has 0 saturated heterocycles. The highest BCUT2D eigenvalue weighted by Gasteiger charge is 2.34. The maximum Gasteiger partial charge on any atom is 0.419 e. The third kappa shape index (κ3) is 2.63. The van der Waals surface area contributed by atoms with Crippen molar-refractivity contribution < 1.29 is 17.6 Å². The molecular formula is C18H11F4N3O. The third-order valence-corrected chi connectivity index (χ3v) is 4.18. The second kappa shape index (κ2) is 5.69. The Morgan fingerprint density at radius 3 is 2.62 bits per heavy atom. The van der Waals surface area contributed by atoms with Crippen molar-refractivity contribution in [2.45, 2.75) is 12.6 Å². The van der Waals surface area contributed by atoms with Gasteiger partial charge in [-0.2, -0.15) is 13.2 Å². The average Bonchev–Trinajstić information content (AvgIpc) is 2.98. The predicted molar refractivity (Wildman–Crippen MR) is 87.1 cm³/mol. The molecular weight excluding hydrogens is 350 g/mol. The zero-order chi connectivity index (χ0) is 18.5. The van der Waals surface area contributed by atoms with E-state index in [1.165, 1.54) is 10.6 Å². The van der Waals surface area contributed by atoms with Gasteiger partial charge in [-0.15, -0.1) is 0 Å². The number of benzene rings is 1. The van der Waals surface area contributed by atoms with E-state index in [4.69, 9.17) is 0 Å². The highest BCUT2D eigenvalue weighted by atomic mass is 19.4. The van der Waals surface area contributed by atoms with Gasteiger partial charge in [0.05, 0.1) is 16.8 Å². The first-order chi connectivity index (χ1) is 12.3. The van der Waals surface area contributed by atoms with Crippen LogP contribution in [0.1, 0.15) is 22.4 Å². The molecule has 8 heteroatoms. The van der Waals surface area contributed by atoms with Crippen molar-refractivity contribution in [2.75, 3.05) is 0 Å². The van der Waals surface area contributed by atoms with Gasteiger partial charge in [0.15, 0.2) is 5.65 Å². The SMILES string of the molecule is O=c1c(Cc2ccc(F)c(C(F)(F)F)c2)c(C2=CC=C2)nc2cc[nH]n12. The maximum atomic E-state index is 13.5. The molecule has 0 fully saturated rings.